The number of aromatic nitrogens is 3. The van der Waals surface area contributed by atoms with E-state index in [4.69, 9.17) is 15.0 Å². The lowest BCUT2D eigenvalue weighted by atomic mass is 9.99. The van der Waals surface area contributed by atoms with E-state index in [2.05, 4.69) is 78.9 Å². The minimum Gasteiger partial charge on any atom is -0.208 e. The molecule has 8 rings (SSSR count). The lowest BCUT2D eigenvalue weighted by Crippen LogP contribution is -2.00. The van der Waals surface area contributed by atoms with Crippen LogP contribution in [0.5, 0.6) is 0 Å². The van der Waals surface area contributed by atoms with Gasteiger partial charge in [0.15, 0.2) is 17.5 Å². The molecule has 192 valence electrons. The van der Waals surface area contributed by atoms with Crippen molar-refractivity contribution in [1.29, 1.82) is 0 Å². The Bertz CT molecular complexity index is 2130. The summed E-state index contributed by atoms with van der Waals surface area (Å²) in [5.74, 6) is 2.01. The molecule has 6 aromatic carbocycles. The summed E-state index contributed by atoms with van der Waals surface area (Å²) in [7, 11) is 0. The van der Waals surface area contributed by atoms with Crippen LogP contribution in [0.3, 0.4) is 0 Å². The molecule has 0 saturated carbocycles. The van der Waals surface area contributed by atoms with Gasteiger partial charge in [0, 0.05) is 42.2 Å². The molecule has 41 heavy (non-hydrogen) atoms. The van der Waals surface area contributed by atoms with Crippen LogP contribution in [0.1, 0.15) is 0 Å². The average Bonchev–Trinajstić information content (AvgIpc) is 3.45. The SMILES string of the molecule is c1ccc(-c2nc(-c3ccccc3)nc(-c3cccc4c3ccc3c5cccc(-c6ccccc6)c5sc43)n2)cc1. The molecule has 2 aromatic heterocycles. The summed E-state index contributed by atoms with van der Waals surface area (Å²) in [5.41, 5.74) is 5.44. The molecular formula is C37H23N3S. The van der Waals surface area contributed by atoms with E-state index in [0.717, 1.165) is 22.1 Å². The molecule has 0 saturated heterocycles. The maximum Gasteiger partial charge on any atom is 0.164 e. The number of benzene rings is 6. The molecule has 0 aliphatic carbocycles. The molecule has 0 unspecified atom stereocenters. The Balaban J connectivity index is 1.37. The van der Waals surface area contributed by atoms with E-state index >= 15 is 0 Å². The highest BCUT2D eigenvalue weighted by atomic mass is 32.1. The van der Waals surface area contributed by atoms with Crippen LogP contribution in [0.4, 0.5) is 0 Å². The third-order valence-electron chi connectivity index (χ3n) is 7.55. The molecule has 3 nitrogen and oxygen atoms in total. The van der Waals surface area contributed by atoms with Crippen molar-refractivity contribution in [2.24, 2.45) is 0 Å². The lowest BCUT2D eigenvalue weighted by Gasteiger charge is -2.10. The fourth-order valence-corrected chi connectivity index (χ4v) is 6.95. The minimum atomic E-state index is 0.668. The van der Waals surface area contributed by atoms with Crippen LogP contribution in [-0.4, -0.2) is 15.0 Å². The molecule has 0 aliphatic heterocycles. The Hall–Kier alpha value is -5.19. The molecule has 2 heterocycles. The van der Waals surface area contributed by atoms with Gasteiger partial charge in [-0.25, -0.2) is 15.0 Å². The molecule has 0 amide bonds. The van der Waals surface area contributed by atoms with Gasteiger partial charge in [-0.2, -0.15) is 0 Å². The van der Waals surface area contributed by atoms with E-state index in [1.807, 2.05) is 72.0 Å². The summed E-state index contributed by atoms with van der Waals surface area (Å²) in [6.45, 7) is 0. The number of hydrogen-bond acceptors (Lipinski definition) is 4. The molecule has 0 bridgehead atoms. The number of thiophene rings is 1. The summed E-state index contributed by atoms with van der Waals surface area (Å²) in [6.07, 6.45) is 0. The summed E-state index contributed by atoms with van der Waals surface area (Å²) in [6, 6.07) is 48.5. The van der Waals surface area contributed by atoms with Crippen LogP contribution in [0.2, 0.25) is 0 Å². The maximum absolute atomic E-state index is 5.01. The quantitative estimate of drug-likeness (QED) is 0.222. The molecular weight excluding hydrogens is 518 g/mol. The summed E-state index contributed by atoms with van der Waals surface area (Å²) in [4.78, 5) is 14.9. The van der Waals surface area contributed by atoms with E-state index in [1.54, 1.807) is 0 Å². The van der Waals surface area contributed by atoms with Crippen molar-refractivity contribution in [2.75, 3.05) is 0 Å². The first-order valence-electron chi connectivity index (χ1n) is 13.6. The molecule has 0 N–H and O–H groups in total. The van der Waals surface area contributed by atoms with E-state index in [0.29, 0.717) is 17.5 Å². The Morgan fingerprint density at radius 2 is 0.780 bits per heavy atom. The Labute approximate surface area is 241 Å². The summed E-state index contributed by atoms with van der Waals surface area (Å²) >= 11 is 1.86. The van der Waals surface area contributed by atoms with Crippen LogP contribution in [0, 0.1) is 0 Å². The highest BCUT2D eigenvalue weighted by Crippen LogP contribution is 2.44. The van der Waals surface area contributed by atoms with E-state index in [9.17, 15) is 0 Å². The van der Waals surface area contributed by atoms with Gasteiger partial charge in [0.25, 0.3) is 0 Å². The number of hydrogen-bond donors (Lipinski definition) is 0. The van der Waals surface area contributed by atoms with Crippen LogP contribution in [-0.2, 0) is 0 Å². The third kappa shape index (κ3) is 4.08. The zero-order valence-corrected chi connectivity index (χ0v) is 22.8. The van der Waals surface area contributed by atoms with Gasteiger partial charge in [0.05, 0.1) is 0 Å². The number of rotatable bonds is 4. The van der Waals surface area contributed by atoms with Gasteiger partial charge in [-0.1, -0.05) is 140 Å². The standard InChI is InChI=1S/C37H23N3S/c1-4-12-24(13-5-1)27-18-10-20-30-31-23-22-28-29(34(31)41-33(27)30)19-11-21-32(28)37-39-35(25-14-6-2-7-15-25)38-36(40-37)26-16-8-3-9-17-26/h1-23H. The first-order chi connectivity index (χ1) is 20.3. The van der Waals surface area contributed by atoms with E-state index in [1.165, 1.54) is 36.7 Å². The van der Waals surface area contributed by atoms with Crippen LogP contribution < -0.4 is 0 Å². The van der Waals surface area contributed by atoms with Crippen molar-refractivity contribution in [3.8, 4) is 45.3 Å². The van der Waals surface area contributed by atoms with Crippen molar-refractivity contribution in [3.63, 3.8) is 0 Å². The van der Waals surface area contributed by atoms with Gasteiger partial charge in [-0.3, -0.25) is 0 Å². The molecule has 0 spiro atoms. The molecule has 4 heteroatoms. The second-order valence-corrected chi connectivity index (χ2v) is 11.1. The molecule has 0 atom stereocenters. The number of nitrogens with zero attached hydrogens (tertiary/aromatic N) is 3. The van der Waals surface area contributed by atoms with Crippen LogP contribution in [0.15, 0.2) is 140 Å². The second-order valence-electron chi connectivity index (χ2n) is 10.0. The van der Waals surface area contributed by atoms with Crippen molar-refractivity contribution >= 4 is 42.3 Å². The van der Waals surface area contributed by atoms with Gasteiger partial charge < -0.3 is 0 Å². The smallest absolute Gasteiger partial charge is 0.164 e. The topological polar surface area (TPSA) is 38.7 Å². The summed E-state index contributed by atoms with van der Waals surface area (Å²) < 4.78 is 2.59. The third-order valence-corrected chi connectivity index (χ3v) is 8.83. The Morgan fingerprint density at radius 1 is 0.317 bits per heavy atom. The average molecular weight is 542 g/mol. The molecule has 0 aliphatic rings. The van der Waals surface area contributed by atoms with Gasteiger partial charge in [-0.15, -0.1) is 11.3 Å². The highest BCUT2D eigenvalue weighted by molar-refractivity contribution is 7.27. The van der Waals surface area contributed by atoms with Crippen molar-refractivity contribution < 1.29 is 0 Å². The first kappa shape index (κ1) is 23.7. The predicted octanol–water partition coefficient (Wildman–Crippen LogP) is 10.1. The maximum atomic E-state index is 5.01. The van der Waals surface area contributed by atoms with Gasteiger partial charge in [0.2, 0.25) is 0 Å². The number of fused-ring (bicyclic) bond motifs is 5. The molecule has 8 aromatic rings. The lowest BCUT2D eigenvalue weighted by molar-refractivity contribution is 1.08. The van der Waals surface area contributed by atoms with Crippen LogP contribution in [0.25, 0.3) is 76.2 Å². The van der Waals surface area contributed by atoms with E-state index < -0.39 is 0 Å². The second kappa shape index (κ2) is 9.77. The van der Waals surface area contributed by atoms with Crippen molar-refractivity contribution in [1.82, 2.24) is 15.0 Å². The fraction of sp³-hybridized carbons (Fsp3) is 0. The minimum absolute atomic E-state index is 0.668. The Morgan fingerprint density at radius 3 is 1.39 bits per heavy atom. The molecule has 0 radical (unpaired) electrons. The first-order valence-corrected chi connectivity index (χ1v) is 14.4. The van der Waals surface area contributed by atoms with Crippen molar-refractivity contribution in [2.45, 2.75) is 0 Å². The molecule has 0 fully saturated rings. The van der Waals surface area contributed by atoms with Gasteiger partial charge >= 0.3 is 0 Å². The monoisotopic (exact) mass is 541 g/mol. The van der Waals surface area contributed by atoms with Crippen molar-refractivity contribution in [3.05, 3.63) is 140 Å². The fourth-order valence-electron chi connectivity index (χ4n) is 5.58. The highest BCUT2D eigenvalue weighted by Gasteiger charge is 2.17. The van der Waals surface area contributed by atoms with Gasteiger partial charge in [0.1, 0.15) is 0 Å². The van der Waals surface area contributed by atoms with Gasteiger partial charge in [-0.05, 0) is 16.5 Å². The zero-order chi connectivity index (χ0) is 27.2. The zero-order valence-electron chi connectivity index (χ0n) is 22.0. The van der Waals surface area contributed by atoms with E-state index in [-0.39, 0.29) is 0 Å². The summed E-state index contributed by atoms with van der Waals surface area (Å²) in [5, 5.41) is 4.91. The predicted molar refractivity (Wildman–Crippen MR) is 172 cm³/mol. The Kier molecular flexibility index (Phi) is 5.64. The normalized spacial score (nSPS) is 11.4. The van der Waals surface area contributed by atoms with Crippen LogP contribution >= 0.6 is 11.3 Å². The largest absolute Gasteiger partial charge is 0.208 e.